The number of anilines is 1. The first kappa shape index (κ1) is 20.1. The molecule has 0 saturated heterocycles. The largest absolute Gasteiger partial charge is 0.353 e. The molecule has 5 rings (SSSR count). The molecular formula is C24H27ClN6. The van der Waals surface area contributed by atoms with Crippen molar-refractivity contribution in [3.8, 4) is 11.1 Å². The number of nitrogens with one attached hydrogen (secondary N) is 2. The summed E-state index contributed by atoms with van der Waals surface area (Å²) in [4.78, 5) is 4.53. The van der Waals surface area contributed by atoms with Gasteiger partial charge in [-0.3, -0.25) is 0 Å². The van der Waals surface area contributed by atoms with E-state index in [0.717, 1.165) is 59.0 Å². The number of rotatable bonds is 4. The zero-order chi connectivity index (χ0) is 21.4. The minimum atomic E-state index is -0.666. The first-order valence-corrected chi connectivity index (χ1v) is 11.1. The Bertz CT molecular complexity index is 1110. The van der Waals surface area contributed by atoms with E-state index in [1.54, 1.807) is 6.20 Å². The molecule has 2 heterocycles. The van der Waals surface area contributed by atoms with Gasteiger partial charge in [-0.1, -0.05) is 35.9 Å². The van der Waals surface area contributed by atoms with Crippen molar-refractivity contribution in [3.05, 3.63) is 77.8 Å². The van der Waals surface area contributed by atoms with Gasteiger partial charge in [0, 0.05) is 35.1 Å². The highest BCUT2D eigenvalue weighted by molar-refractivity contribution is 6.30. The van der Waals surface area contributed by atoms with Gasteiger partial charge in [-0.2, -0.15) is 0 Å². The highest BCUT2D eigenvalue weighted by atomic mass is 35.5. The number of halogens is 1. The molecule has 2 aliphatic rings. The van der Waals surface area contributed by atoms with Crippen LogP contribution in [-0.4, -0.2) is 21.4 Å². The van der Waals surface area contributed by atoms with E-state index < -0.39 is 5.66 Å². The van der Waals surface area contributed by atoms with Crippen LogP contribution in [0.1, 0.15) is 31.5 Å². The van der Waals surface area contributed by atoms with Gasteiger partial charge < -0.3 is 22.2 Å². The van der Waals surface area contributed by atoms with E-state index in [0.29, 0.717) is 5.92 Å². The molecule has 1 aliphatic heterocycles. The van der Waals surface area contributed by atoms with Gasteiger partial charge in [0.2, 0.25) is 0 Å². The van der Waals surface area contributed by atoms with Crippen LogP contribution in [0, 0.1) is 5.92 Å². The summed E-state index contributed by atoms with van der Waals surface area (Å²) >= 11 is 6.18. The minimum absolute atomic E-state index is 0.281. The van der Waals surface area contributed by atoms with Gasteiger partial charge in [-0.15, -0.1) is 0 Å². The van der Waals surface area contributed by atoms with Gasteiger partial charge in [0.05, 0.1) is 5.70 Å². The average molecular weight is 435 g/mol. The molecule has 6 nitrogen and oxygen atoms in total. The number of nitrogens with two attached hydrogens (primary N) is 2. The lowest BCUT2D eigenvalue weighted by atomic mass is 9.78. The molecule has 0 spiro atoms. The van der Waals surface area contributed by atoms with Crippen LogP contribution >= 0.6 is 11.6 Å². The number of aromatic nitrogens is 2. The van der Waals surface area contributed by atoms with E-state index in [2.05, 4.69) is 40.0 Å². The normalized spacial score (nSPS) is 25.3. The number of imidazole rings is 1. The highest BCUT2D eigenvalue weighted by Gasteiger charge is 2.39. The van der Waals surface area contributed by atoms with Crippen LogP contribution in [0.3, 0.4) is 0 Å². The van der Waals surface area contributed by atoms with Crippen molar-refractivity contribution in [2.75, 3.05) is 10.7 Å². The fourth-order valence-electron chi connectivity index (χ4n) is 4.64. The molecule has 160 valence electrons. The maximum atomic E-state index is 6.90. The molecule has 6 N–H and O–H groups in total. The van der Waals surface area contributed by atoms with Gasteiger partial charge >= 0.3 is 0 Å². The van der Waals surface area contributed by atoms with Crippen molar-refractivity contribution in [1.82, 2.24) is 9.66 Å². The summed E-state index contributed by atoms with van der Waals surface area (Å²) in [7, 11) is 0. The zero-order valence-electron chi connectivity index (χ0n) is 17.3. The molecule has 0 amide bonds. The lowest BCUT2D eigenvalue weighted by molar-refractivity contribution is 0.239. The maximum Gasteiger partial charge on any atom is 0.174 e. The Kier molecular flexibility index (Phi) is 5.22. The number of hydrogen-bond acceptors (Lipinski definition) is 5. The number of fused-ring (bicyclic) bond motifs is 1. The molecule has 1 aliphatic carbocycles. The summed E-state index contributed by atoms with van der Waals surface area (Å²) in [5, 5.41) is 4.27. The second-order valence-corrected chi connectivity index (χ2v) is 8.99. The number of benzene rings is 2. The van der Waals surface area contributed by atoms with Gasteiger partial charge in [0.1, 0.15) is 5.66 Å². The molecule has 2 aromatic carbocycles. The van der Waals surface area contributed by atoms with Gasteiger partial charge in [-0.05, 0) is 67.2 Å². The molecule has 1 saturated carbocycles. The van der Waals surface area contributed by atoms with Crippen molar-refractivity contribution in [2.24, 2.45) is 17.4 Å². The Hall–Kier alpha value is -2.80. The first-order chi connectivity index (χ1) is 15.0. The topological polar surface area (TPSA) is 93.9 Å². The van der Waals surface area contributed by atoms with Gasteiger partial charge in [-0.25, -0.2) is 9.66 Å². The quantitative estimate of drug-likeness (QED) is 0.488. The van der Waals surface area contributed by atoms with Crippen LogP contribution in [0.15, 0.2) is 67.0 Å². The van der Waals surface area contributed by atoms with Crippen molar-refractivity contribution in [3.63, 3.8) is 0 Å². The fraction of sp³-hybridized carbons (Fsp3) is 0.292. The van der Waals surface area contributed by atoms with Crippen LogP contribution in [0.2, 0.25) is 5.02 Å². The first-order valence-electron chi connectivity index (χ1n) is 10.7. The minimum Gasteiger partial charge on any atom is -0.353 e. The third kappa shape index (κ3) is 4.06. The Morgan fingerprint density at radius 2 is 1.81 bits per heavy atom. The predicted octanol–water partition coefficient (Wildman–Crippen LogP) is 4.39. The standard InChI is InChI=1S/C24H27ClN6/c25-19-5-1-3-16(13-19)17-4-2-6-21(14-17)29-22-15-24(27,18-7-9-20(26)10-8-18)30-31-12-11-28-23(22)31/h1-6,11-15,18,20,29-30H,7-10,26-27H2. The zero-order valence-corrected chi connectivity index (χ0v) is 18.0. The second kappa shape index (κ2) is 8.04. The summed E-state index contributed by atoms with van der Waals surface area (Å²) in [6.45, 7) is 0. The number of hydrogen-bond donors (Lipinski definition) is 4. The Labute approximate surface area is 187 Å². The molecule has 0 radical (unpaired) electrons. The third-order valence-corrected chi connectivity index (χ3v) is 6.56. The van der Waals surface area contributed by atoms with Crippen LogP contribution in [0.25, 0.3) is 16.8 Å². The van der Waals surface area contributed by atoms with Crippen molar-refractivity contribution in [2.45, 2.75) is 37.4 Å². The molecular weight excluding hydrogens is 408 g/mol. The Morgan fingerprint density at radius 1 is 1.06 bits per heavy atom. The van der Waals surface area contributed by atoms with Crippen molar-refractivity contribution in [1.29, 1.82) is 0 Å². The van der Waals surface area contributed by atoms with Crippen LogP contribution < -0.4 is 22.2 Å². The third-order valence-electron chi connectivity index (χ3n) is 6.33. The van der Waals surface area contributed by atoms with E-state index in [9.17, 15) is 0 Å². The SMILES string of the molecule is NC1CCC(C2(N)C=C(Nc3cccc(-c4cccc(Cl)c4)c3)c3nccn3N2)CC1. The van der Waals surface area contributed by atoms with Crippen molar-refractivity contribution < 1.29 is 0 Å². The molecule has 31 heavy (non-hydrogen) atoms. The highest BCUT2D eigenvalue weighted by Crippen LogP contribution is 2.35. The molecule has 1 aromatic heterocycles. The maximum absolute atomic E-state index is 6.90. The van der Waals surface area contributed by atoms with E-state index in [1.807, 2.05) is 41.2 Å². The van der Waals surface area contributed by atoms with Gasteiger partial charge in [0.25, 0.3) is 0 Å². The summed E-state index contributed by atoms with van der Waals surface area (Å²) in [5.74, 6) is 1.11. The van der Waals surface area contributed by atoms with Gasteiger partial charge in [0.15, 0.2) is 5.82 Å². The summed E-state index contributed by atoms with van der Waals surface area (Å²) in [6, 6.07) is 16.4. The van der Waals surface area contributed by atoms with Crippen LogP contribution in [0.5, 0.6) is 0 Å². The van der Waals surface area contributed by atoms with Crippen molar-refractivity contribution >= 4 is 23.0 Å². The molecule has 1 fully saturated rings. The van der Waals surface area contributed by atoms with E-state index >= 15 is 0 Å². The lowest BCUT2D eigenvalue weighted by Crippen LogP contribution is -2.58. The predicted molar refractivity (Wildman–Crippen MR) is 127 cm³/mol. The monoisotopic (exact) mass is 434 g/mol. The van der Waals surface area contributed by atoms with Crippen LogP contribution in [-0.2, 0) is 0 Å². The Morgan fingerprint density at radius 3 is 2.58 bits per heavy atom. The van der Waals surface area contributed by atoms with E-state index in [1.165, 1.54) is 0 Å². The lowest BCUT2D eigenvalue weighted by Gasteiger charge is -2.42. The number of nitrogens with zero attached hydrogens (tertiary/aromatic N) is 2. The molecule has 1 unspecified atom stereocenters. The average Bonchev–Trinajstić information content (AvgIpc) is 3.23. The summed E-state index contributed by atoms with van der Waals surface area (Å²) in [6.07, 6.45) is 9.78. The van der Waals surface area contributed by atoms with E-state index in [4.69, 9.17) is 23.1 Å². The smallest absolute Gasteiger partial charge is 0.174 e. The Balaban J connectivity index is 1.46. The summed E-state index contributed by atoms with van der Waals surface area (Å²) in [5.41, 5.74) is 19.8. The second-order valence-electron chi connectivity index (χ2n) is 8.55. The molecule has 0 bridgehead atoms. The molecule has 3 aromatic rings. The molecule has 7 heteroatoms. The molecule has 1 atom stereocenters. The van der Waals surface area contributed by atoms with Crippen LogP contribution in [0.4, 0.5) is 5.69 Å². The van der Waals surface area contributed by atoms with E-state index in [-0.39, 0.29) is 6.04 Å². The summed E-state index contributed by atoms with van der Waals surface area (Å²) < 4.78 is 1.91. The fourth-order valence-corrected chi connectivity index (χ4v) is 4.83.